The van der Waals surface area contributed by atoms with Crippen LogP contribution in [0.15, 0.2) is 64.8 Å². The van der Waals surface area contributed by atoms with Crippen molar-refractivity contribution < 1.29 is 9.53 Å². The lowest BCUT2D eigenvalue weighted by Gasteiger charge is -2.09. The topological polar surface area (TPSA) is 51.0 Å². The number of thiol groups is 1. The van der Waals surface area contributed by atoms with Crippen molar-refractivity contribution in [3.05, 3.63) is 65.7 Å². The van der Waals surface area contributed by atoms with Crippen LogP contribution in [0.2, 0.25) is 0 Å². The number of esters is 1. The van der Waals surface area contributed by atoms with Gasteiger partial charge in [-0.2, -0.15) is 17.7 Å². The SMILES string of the molecule is Cc1ccc(N=Nc2c(OC(=O)CCS)ccc3ccccc23)c(C)c1. The Labute approximate surface area is 158 Å². The van der Waals surface area contributed by atoms with Crippen LogP contribution in [0.4, 0.5) is 11.4 Å². The molecule has 0 saturated heterocycles. The number of benzene rings is 3. The number of nitrogens with zero attached hydrogens (tertiary/aromatic N) is 2. The molecule has 3 aromatic carbocycles. The molecule has 0 fully saturated rings. The maximum Gasteiger partial charge on any atom is 0.312 e. The Hall–Kier alpha value is -2.66. The minimum absolute atomic E-state index is 0.240. The first-order chi connectivity index (χ1) is 12.6. The third-order valence-electron chi connectivity index (χ3n) is 4.01. The molecule has 0 N–H and O–H groups in total. The highest BCUT2D eigenvalue weighted by molar-refractivity contribution is 7.80. The molecule has 0 spiro atoms. The lowest BCUT2D eigenvalue weighted by atomic mass is 10.1. The summed E-state index contributed by atoms with van der Waals surface area (Å²) < 4.78 is 5.49. The van der Waals surface area contributed by atoms with Crippen molar-refractivity contribution in [1.29, 1.82) is 0 Å². The van der Waals surface area contributed by atoms with E-state index in [9.17, 15) is 4.79 Å². The smallest absolute Gasteiger partial charge is 0.312 e. The van der Waals surface area contributed by atoms with Gasteiger partial charge in [0, 0.05) is 11.1 Å². The number of azo groups is 1. The lowest BCUT2D eigenvalue weighted by Crippen LogP contribution is -2.08. The standard InChI is InChI=1S/C21H20N2O2S/c1-14-7-9-18(15(2)13-14)22-23-21-17-6-4-3-5-16(17)8-10-19(21)25-20(24)11-12-26/h3-10,13,26H,11-12H2,1-2H3. The summed E-state index contributed by atoms with van der Waals surface area (Å²) in [6, 6.07) is 17.5. The summed E-state index contributed by atoms with van der Waals surface area (Å²) in [5.41, 5.74) is 3.56. The predicted octanol–water partition coefficient (Wildman–Crippen LogP) is 6.10. The van der Waals surface area contributed by atoms with E-state index in [-0.39, 0.29) is 12.4 Å². The van der Waals surface area contributed by atoms with Gasteiger partial charge < -0.3 is 4.74 Å². The van der Waals surface area contributed by atoms with Gasteiger partial charge in [-0.15, -0.1) is 5.11 Å². The van der Waals surface area contributed by atoms with Crippen molar-refractivity contribution in [1.82, 2.24) is 0 Å². The Bertz CT molecular complexity index is 983. The van der Waals surface area contributed by atoms with Gasteiger partial charge in [0.2, 0.25) is 0 Å². The Kier molecular flexibility index (Phi) is 5.68. The van der Waals surface area contributed by atoms with Crippen molar-refractivity contribution in [3.8, 4) is 5.75 Å². The first-order valence-electron chi connectivity index (χ1n) is 8.41. The van der Waals surface area contributed by atoms with Crippen LogP contribution in [0.25, 0.3) is 10.8 Å². The van der Waals surface area contributed by atoms with Crippen molar-refractivity contribution in [2.75, 3.05) is 5.75 Å². The zero-order valence-corrected chi connectivity index (χ0v) is 15.7. The fourth-order valence-electron chi connectivity index (χ4n) is 2.71. The molecule has 0 amide bonds. The van der Waals surface area contributed by atoms with Crippen molar-refractivity contribution in [3.63, 3.8) is 0 Å². The fraction of sp³-hybridized carbons (Fsp3) is 0.190. The molecule has 3 aromatic rings. The van der Waals surface area contributed by atoms with E-state index in [2.05, 4.69) is 28.9 Å². The fourth-order valence-corrected chi connectivity index (χ4v) is 2.89. The van der Waals surface area contributed by atoms with Gasteiger partial charge in [-0.25, -0.2) is 0 Å². The molecular formula is C21H20N2O2S. The molecule has 132 valence electrons. The Balaban J connectivity index is 2.06. The third-order valence-corrected chi connectivity index (χ3v) is 4.24. The molecule has 0 saturated carbocycles. The van der Waals surface area contributed by atoms with E-state index in [4.69, 9.17) is 4.74 Å². The zero-order valence-electron chi connectivity index (χ0n) is 14.8. The normalized spacial score (nSPS) is 11.2. The average Bonchev–Trinajstić information content (AvgIpc) is 2.62. The first-order valence-corrected chi connectivity index (χ1v) is 9.04. The molecule has 0 aliphatic carbocycles. The molecule has 0 heterocycles. The zero-order chi connectivity index (χ0) is 18.5. The second kappa shape index (κ2) is 8.15. The number of rotatable bonds is 5. The Morgan fingerprint density at radius 2 is 1.85 bits per heavy atom. The van der Waals surface area contributed by atoms with Crippen molar-refractivity contribution in [2.24, 2.45) is 10.2 Å². The van der Waals surface area contributed by atoms with Gasteiger partial charge in [-0.3, -0.25) is 4.79 Å². The van der Waals surface area contributed by atoms with Gasteiger partial charge in [-0.1, -0.05) is 48.0 Å². The van der Waals surface area contributed by atoms with E-state index in [0.717, 1.165) is 22.0 Å². The summed E-state index contributed by atoms with van der Waals surface area (Å²) in [7, 11) is 0. The number of hydrogen-bond acceptors (Lipinski definition) is 5. The lowest BCUT2D eigenvalue weighted by molar-refractivity contribution is -0.133. The number of fused-ring (bicyclic) bond motifs is 1. The van der Waals surface area contributed by atoms with Gasteiger partial charge in [0.1, 0.15) is 5.69 Å². The molecule has 0 bridgehead atoms. The average molecular weight is 364 g/mol. The molecule has 0 aliphatic heterocycles. The Morgan fingerprint density at radius 1 is 1.04 bits per heavy atom. The molecule has 3 rings (SSSR count). The van der Waals surface area contributed by atoms with Gasteiger partial charge in [-0.05, 0) is 36.9 Å². The summed E-state index contributed by atoms with van der Waals surface area (Å²) in [4.78, 5) is 11.9. The van der Waals surface area contributed by atoms with Crippen LogP contribution in [0.5, 0.6) is 5.75 Å². The molecule has 0 aromatic heterocycles. The van der Waals surface area contributed by atoms with E-state index in [0.29, 0.717) is 17.2 Å². The third kappa shape index (κ3) is 4.11. The predicted molar refractivity (Wildman–Crippen MR) is 108 cm³/mol. The second-order valence-corrected chi connectivity index (χ2v) is 6.52. The van der Waals surface area contributed by atoms with Crippen molar-refractivity contribution in [2.45, 2.75) is 20.3 Å². The summed E-state index contributed by atoms with van der Waals surface area (Å²) >= 11 is 4.08. The maximum absolute atomic E-state index is 11.9. The van der Waals surface area contributed by atoms with Gasteiger partial charge in [0.25, 0.3) is 0 Å². The number of carbonyl (C=O) groups is 1. The first kappa shape index (κ1) is 18.1. The number of carbonyl (C=O) groups excluding carboxylic acids is 1. The molecule has 4 nitrogen and oxygen atoms in total. The van der Waals surface area contributed by atoms with Crippen LogP contribution >= 0.6 is 12.6 Å². The summed E-state index contributed by atoms with van der Waals surface area (Å²) in [6.07, 6.45) is 0.240. The van der Waals surface area contributed by atoms with Crippen LogP contribution in [-0.4, -0.2) is 11.7 Å². The molecule has 0 aliphatic rings. The van der Waals surface area contributed by atoms with E-state index in [1.54, 1.807) is 6.07 Å². The number of hydrogen-bond donors (Lipinski definition) is 1. The van der Waals surface area contributed by atoms with Crippen LogP contribution < -0.4 is 4.74 Å². The second-order valence-electron chi connectivity index (χ2n) is 6.07. The maximum atomic E-state index is 11.9. The Morgan fingerprint density at radius 3 is 2.62 bits per heavy atom. The molecule has 5 heteroatoms. The highest BCUT2D eigenvalue weighted by Crippen LogP contribution is 2.37. The van der Waals surface area contributed by atoms with Crippen LogP contribution in [0, 0.1) is 13.8 Å². The summed E-state index contributed by atoms with van der Waals surface area (Å²) in [5, 5.41) is 10.7. The number of aryl methyl sites for hydroxylation is 2. The van der Waals surface area contributed by atoms with E-state index in [1.165, 1.54) is 5.56 Å². The van der Waals surface area contributed by atoms with E-state index < -0.39 is 0 Å². The summed E-state index contributed by atoms with van der Waals surface area (Å²) in [5.74, 6) is 0.508. The van der Waals surface area contributed by atoms with Gasteiger partial charge >= 0.3 is 5.97 Å². The quantitative estimate of drug-likeness (QED) is 0.257. The van der Waals surface area contributed by atoms with Gasteiger partial charge in [0.05, 0.1) is 12.1 Å². The summed E-state index contributed by atoms with van der Waals surface area (Å²) in [6.45, 7) is 4.04. The highest BCUT2D eigenvalue weighted by atomic mass is 32.1. The molecule has 26 heavy (non-hydrogen) atoms. The van der Waals surface area contributed by atoms with Gasteiger partial charge in [0.15, 0.2) is 5.75 Å². The molecular weight excluding hydrogens is 344 g/mol. The number of ether oxygens (including phenoxy) is 1. The van der Waals surface area contributed by atoms with E-state index in [1.807, 2.05) is 56.3 Å². The molecule has 0 radical (unpaired) electrons. The molecule has 0 unspecified atom stereocenters. The largest absolute Gasteiger partial charge is 0.424 e. The molecule has 0 atom stereocenters. The van der Waals surface area contributed by atoms with Crippen LogP contribution in [0.3, 0.4) is 0 Å². The van der Waals surface area contributed by atoms with Crippen LogP contribution in [0.1, 0.15) is 17.5 Å². The highest BCUT2D eigenvalue weighted by Gasteiger charge is 2.12. The van der Waals surface area contributed by atoms with Crippen molar-refractivity contribution >= 4 is 40.7 Å². The monoisotopic (exact) mass is 364 g/mol. The van der Waals surface area contributed by atoms with Crippen LogP contribution in [-0.2, 0) is 4.79 Å². The van der Waals surface area contributed by atoms with E-state index >= 15 is 0 Å². The minimum Gasteiger partial charge on any atom is -0.424 e. The minimum atomic E-state index is -0.335.